The third-order valence-electron chi connectivity index (χ3n) is 1.81. The van der Waals surface area contributed by atoms with Crippen LogP contribution >= 0.6 is 7.60 Å². The maximum Gasteiger partial charge on any atom is 0.346 e. The van der Waals surface area contributed by atoms with Crippen molar-refractivity contribution in [1.29, 1.82) is 0 Å². The number of nitro groups is 1. The van der Waals surface area contributed by atoms with Crippen LogP contribution in [0.2, 0.25) is 0 Å². The Kier molecular flexibility index (Phi) is 3.21. The van der Waals surface area contributed by atoms with E-state index in [-0.39, 0.29) is 11.3 Å². The minimum Gasteiger partial charge on any atom is -0.323 e. The second-order valence-electron chi connectivity index (χ2n) is 2.88. The van der Waals surface area contributed by atoms with Crippen molar-refractivity contribution in [3.05, 3.63) is 39.9 Å². The molecule has 0 aliphatic carbocycles. The van der Waals surface area contributed by atoms with Crippen molar-refractivity contribution in [3.63, 3.8) is 0 Å². The second kappa shape index (κ2) is 4.08. The van der Waals surface area contributed by atoms with Crippen LogP contribution in [0.5, 0.6) is 0 Å². The Bertz CT molecular complexity index is 412. The van der Waals surface area contributed by atoms with E-state index < -0.39 is 18.3 Å². The van der Waals surface area contributed by atoms with Crippen LogP contribution < -0.4 is 5.73 Å². The highest BCUT2D eigenvalue weighted by atomic mass is 31.2. The number of hydrogen-bond donors (Lipinski definition) is 3. The van der Waals surface area contributed by atoms with E-state index in [9.17, 15) is 14.7 Å². The van der Waals surface area contributed by atoms with Crippen molar-refractivity contribution in [2.75, 3.05) is 0 Å². The Morgan fingerprint density at radius 3 is 2.13 bits per heavy atom. The van der Waals surface area contributed by atoms with Gasteiger partial charge in [-0.15, -0.1) is 0 Å². The van der Waals surface area contributed by atoms with Crippen LogP contribution in [0.25, 0.3) is 0 Å². The van der Waals surface area contributed by atoms with Gasteiger partial charge in [0.05, 0.1) is 4.92 Å². The molecule has 0 aliphatic rings. The van der Waals surface area contributed by atoms with E-state index in [1.165, 1.54) is 12.1 Å². The minimum atomic E-state index is -4.41. The lowest BCUT2D eigenvalue weighted by molar-refractivity contribution is -0.384. The number of benzene rings is 1. The largest absolute Gasteiger partial charge is 0.346 e. The van der Waals surface area contributed by atoms with Crippen molar-refractivity contribution in [3.8, 4) is 0 Å². The molecule has 0 saturated carbocycles. The normalized spacial score (nSPS) is 13.5. The van der Waals surface area contributed by atoms with Crippen molar-refractivity contribution in [1.82, 2.24) is 0 Å². The molecule has 1 aromatic carbocycles. The third kappa shape index (κ3) is 2.84. The van der Waals surface area contributed by atoms with Gasteiger partial charge < -0.3 is 15.5 Å². The SMILES string of the molecule is N[C@H](c1ccc([N+](=O)[O-])cc1)P(=O)(O)O. The lowest BCUT2D eigenvalue weighted by Gasteiger charge is -2.12. The number of rotatable bonds is 3. The van der Waals surface area contributed by atoms with Gasteiger partial charge in [-0.05, 0) is 17.7 Å². The average molecular weight is 232 g/mol. The van der Waals surface area contributed by atoms with Gasteiger partial charge >= 0.3 is 7.60 Å². The molecule has 0 spiro atoms. The van der Waals surface area contributed by atoms with Gasteiger partial charge in [0, 0.05) is 12.1 Å². The monoisotopic (exact) mass is 232 g/mol. The first kappa shape index (κ1) is 11.8. The fraction of sp³-hybridized carbons (Fsp3) is 0.143. The molecule has 0 heterocycles. The van der Waals surface area contributed by atoms with Gasteiger partial charge in [0.25, 0.3) is 5.69 Å². The first-order valence-electron chi connectivity index (χ1n) is 3.87. The van der Waals surface area contributed by atoms with E-state index in [1.807, 2.05) is 0 Å². The Morgan fingerprint density at radius 1 is 1.33 bits per heavy atom. The maximum atomic E-state index is 10.8. The van der Waals surface area contributed by atoms with Gasteiger partial charge in [-0.2, -0.15) is 0 Å². The summed E-state index contributed by atoms with van der Waals surface area (Å²) in [5, 5.41) is 10.3. The molecule has 0 fully saturated rings. The van der Waals surface area contributed by atoms with Crippen molar-refractivity contribution in [2.45, 2.75) is 5.78 Å². The highest BCUT2D eigenvalue weighted by Crippen LogP contribution is 2.48. The summed E-state index contributed by atoms with van der Waals surface area (Å²) in [6.07, 6.45) is 0. The fourth-order valence-corrected chi connectivity index (χ4v) is 1.55. The molecule has 7 nitrogen and oxygen atoms in total. The number of nitrogens with two attached hydrogens (primary N) is 1. The molecule has 0 amide bonds. The molecular formula is C7H9N2O5P. The number of nitro benzene ring substituents is 1. The maximum absolute atomic E-state index is 10.8. The van der Waals surface area contributed by atoms with Crippen LogP contribution in [0.1, 0.15) is 11.3 Å². The topological polar surface area (TPSA) is 127 Å². The van der Waals surface area contributed by atoms with Gasteiger partial charge in [0.15, 0.2) is 0 Å². The van der Waals surface area contributed by atoms with Crippen LogP contribution in [0.15, 0.2) is 24.3 Å². The summed E-state index contributed by atoms with van der Waals surface area (Å²) in [5.74, 6) is -1.45. The molecule has 0 radical (unpaired) electrons. The fourth-order valence-electron chi connectivity index (χ4n) is 0.987. The predicted octanol–water partition coefficient (Wildman–Crippen LogP) is 0.730. The van der Waals surface area contributed by atoms with Crippen LogP contribution in [-0.4, -0.2) is 14.7 Å². The first-order valence-corrected chi connectivity index (χ1v) is 5.55. The Hall–Kier alpha value is -1.27. The highest BCUT2D eigenvalue weighted by molar-refractivity contribution is 7.52. The lowest BCUT2D eigenvalue weighted by atomic mass is 10.2. The van der Waals surface area contributed by atoms with Crippen molar-refractivity contribution < 1.29 is 19.3 Å². The van der Waals surface area contributed by atoms with Crippen molar-refractivity contribution >= 4 is 13.3 Å². The van der Waals surface area contributed by atoms with Crippen LogP contribution in [-0.2, 0) is 4.57 Å². The Morgan fingerprint density at radius 2 is 1.80 bits per heavy atom. The first-order chi connectivity index (χ1) is 6.82. The summed E-state index contributed by atoms with van der Waals surface area (Å²) < 4.78 is 10.8. The van der Waals surface area contributed by atoms with Gasteiger partial charge in [0.2, 0.25) is 0 Å². The zero-order valence-corrected chi connectivity index (χ0v) is 8.37. The molecule has 4 N–H and O–H groups in total. The summed E-state index contributed by atoms with van der Waals surface area (Å²) in [6, 6.07) is 4.74. The molecule has 1 atom stereocenters. The smallest absolute Gasteiger partial charge is 0.323 e. The zero-order chi connectivity index (χ0) is 11.6. The lowest BCUT2D eigenvalue weighted by Crippen LogP contribution is -2.10. The highest BCUT2D eigenvalue weighted by Gasteiger charge is 2.26. The van der Waals surface area contributed by atoms with E-state index in [2.05, 4.69) is 0 Å². The zero-order valence-electron chi connectivity index (χ0n) is 7.48. The molecular weight excluding hydrogens is 223 g/mol. The molecule has 82 valence electrons. The molecule has 8 heteroatoms. The molecule has 15 heavy (non-hydrogen) atoms. The van der Waals surface area contributed by atoms with E-state index in [4.69, 9.17) is 15.5 Å². The van der Waals surface area contributed by atoms with Crippen LogP contribution in [0.3, 0.4) is 0 Å². The number of hydrogen-bond acceptors (Lipinski definition) is 4. The summed E-state index contributed by atoms with van der Waals surface area (Å²) >= 11 is 0. The number of non-ortho nitro benzene ring substituents is 1. The van der Waals surface area contributed by atoms with Gasteiger partial charge in [-0.25, -0.2) is 0 Å². The van der Waals surface area contributed by atoms with Crippen molar-refractivity contribution in [2.24, 2.45) is 5.73 Å². The van der Waals surface area contributed by atoms with E-state index in [1.54, 1.807) is 0 Å². The Balaban J connectivity index is 2.99. The molecule has 0 aliphatic heterocycles. The van der Waals surface area contributed by atoms with Gasteiger partial charge in [-0.1, -0.05) is 0 Å². The molecule has 0 saturated heterocycles. The standard InChI is InChI=1S/C7H9N2O5P/c8-7(15(12,13)14)5-1-3-6(4-2-5)9(10)11/h1-4,7H,8H2,(H2,12,13,14)/t7-/m0/s1. The molecule has 0 unspecified atom stereocenters. The summed E-state index contributed by atoms with van der Waals surface area (Å²) in [6.45, 7) is 0. The molecule has 1 rings (SSSR count). The average Bonchev–Trinajstić information content (AvgIpc) is 2.15. The molecule has 1 aromatic rings. The summed E-state index contributed by atoms with van der Waals surface area (Å²) in [7, 11) is -4.41. The van der Waals surface area contributed by atoms with Crippen LogP contribution in [0, 0.1) is 10.1 Å². The van der Waals surface area contributed by atoms with Gasteiger partial charge in [0.1, 0.15) is 5.78 Å². The van der Waals surface area contributed by atoms with Gasteiger partial charge in [-0.3, -0.25) is 14.7 Å². The second-order valence-corrected chi connectivity index (χ2v) is 4.62. The third-order valence-corrected chi connectivity index (χ3v) is 2.83. The van der Waals surface area contributed by atoms with Crippen LogP contribution in [0.4, 0.5) is 5.69 Å². The van der Waals surface area contributed by atoms with E-state index >= 15 is 0 Å². The minimum absolute atomic E-state index is 0.156. The molecule has 0 bridgehead atoms. The predicted molar refractivity (Wildman–Crippen MR) is 52.1 cm³/mol. The van der Waals surface area contributed by atoms with E-state index in [0.717, 1.165) is 12.1 Å². The van der Waals surface area contributed by atoms with E-state index in [0.29, 0.717) is 0 Å². The number of nitrogens with zero attached hydrogens (tertiary/aromatic N) is 1. The quantitative estimate of drug-likeness (QED) is 0.400. The Labute approximate surface area is 84.8 Å². The molecule has 0 aromatic heterocycles. The summed E-state index contributed by atoms with van der Waals surface area (Å²) in [4.78, 5) is 27.2. The summed E-state index contributed by atoms with van der Waals surface area (Å²) in [5.41, 5.74) is 5.27.